The summed E-state index contributed by atoms with van der Waals surface area (Å²) in [5.74, 6) is 1.01. The number of likely N-dealkylation sites (N-methyl/N-ethyl adjacent to an activating group) is 1. The lowest BCUT2D eigenvalue weighted by atomic mass is 9.86. The van der Waals surface area contributed by atoms with Crippen molar-refractivity contribution in [1.29, 1.82) is 5.26 Å². The van der Waals surface area contributed by atoms with Crippen LogP contribution < -0.4 is 10.2 Å². The molecule has 9 heteroatoms. The number of rotatable bonds is 6. The molecule has 3 saturated heterocycles. The van der Waals surface area contributed by atoms with E-state index in [1.807, 2.05) is 16.9 Å². The van der Waals surface area contributed by atoms with Gasteiger partial charge in [-0.05, 0) is 60.4 Å². The van der Waals surface area contributed by atoms with Crippen molar-refractivity contribution in [2.75, 3.05) is 51.8 Å². The summed E-state index contributed by atoms with van der Waals surface area (Å²) in [4.78, 5) is 12.1. The van der Waals surface area contributed by atoms with E-state index in [-0.39, 0.29) is 6.23 Å². The second-order valence-corrected chi connectivity index (χ2v) is 11.2. The van der Waals surface area contributed by atoms with Crippen LogP contribution in [0.25, 0.3) is 22.2 Å². The van der Waals surface area contributed by atoms with Crippen LogP contribution in [-0.2, 0) is 4.74 Å². The summed E-state index contributed by atoms with van der Waals surface area (Å²) in [6.07, 6.45) is 16.7. The Morgan fingerprint density at radius 2 is 2.05 bits per heavy atom. The number of hydrogen-bond acceptors (Lipinski definition) is 8. The van der Waals surface area contributed by atoms with E-state index in [1.54, 1.807) is 13.3 Å². The summed E-state index contributed by atoms with van der Waals surface area (Å²) in [6, 6.07) is 9.87. The lowest BCUT2D eigenvalue weighted by Gasteiger charge is -2.57. The van der Waals surface area contributed by atoms with Crippen molar-refractivity contribution in [3.05, 3.63) is 77.9 Å². The second-order valence-electron chi connectivity index (χ2n) is 11.2. The van der Waals surface area contributed by atoms with Crippen molar-refractivity contribution in [3.8, 4) is 17.2 Å². The Balaban J connectivity index is 1.10. The molecule has 0 saturated carbocycles. The monoisotopic (exact) mass is 534 g/mol. The summed E-state index contributed by atoms with van der Waals surface area (Å²) >= 11 is 0. The highest BCUT2D eigenvalue weighted by Crippen LogP contribution is 2.36. The zero-order valence-electron chi connectivity index (χ0n) is 23.0. The number of piperidine rings is 1. The van der Waals surface area contributed by atoms with E-state index in [9.17, 15) is 5.26 Å². The topological polar surface area (TPSA) is 85.0 Å². The number of piperazine rings is 1. The fourth-order valence-electron chi connectivity index (χ4n) is 6.62. The first-order valence-corrected chi connectivity index (χ1v) is 14.0. The highest BCUT2D eigenvalue weighted by molar-refractivity contribution is 5.87. The SMILES string of the molecule is COC1C=CC(CN2C3CC2CN(c2ccc(-c4cc(C5=CCNCC5)cn5ncc(C#N)c45)cn2)C3)=CN1C. The lowest BCUT2D eigenvalue weighted by Crippen LogP contribution is -2.69. The van der Waals surface area contributed by atoms with E-state index >= 15 is 0 Å². The van der Waals surface area contributed by atoms with Crippen LogP contribution in [0.4, 0.5) is 5.82 Å². The minimum atomic E-state index is 0.0184. The van der Waals surface area contributed by atoms with Gasteiger partial charge in [-0.1, -0.05) is 12.2 Å². The van der Waals surface area contributed by atoms with E-state index < -0.39 is 0 Å². The molecule has 9 nitrogen and oxygen atoms in total. The summed E-state index contributed by atoms with van der Waals surface area (Å²) in [5.41, 5.74) is 7.18. The van der Waals surface area contributed by atoms with E-state index in [0.717, 1.165) is 67.2 Å². The zero-order valence-corrected chi connectivity index (χ0v) is 23.0. The molecule has 5 aliphatic heterocycles. The second kappa shape index (κ2) is 10.2. The van der Waals surface area contributed by atoms with Crippen molar-refractivity contribution in [2.24, 2.45) is 0 Å². The van der Waals surface area contributed by atoms with Gasteiger partial charge in [-0.2, -0.15) is 10.4 Å². The van der Waals surface area contributed by atoms with Crippen molar-refractivity contribution in [1.82, 2.24) is 29.7 Å². The summed E-state index contributed by atoms with van der Waals surface area (Å²) < 4.78 is 7.32. The van der Waals surface area contributed by atoms with Crippen LogP contribution in [0, 0.1) is 11.3 Å². The van der Waals surface area contributed by atoms with Crippen molar-refractivity contribution in [2.45, 2.75) is 31.2 Å². The van der Waals surface area contributed by atoms with E-state index in [4.69, 9.17) is 9.72 Å². The van der Waals surface area contributed by atoms with Crippen molar-refractivity contribution >= 4 is 16.9 Å². The molecule has 3 fully saturated rings. The highest BCUT2D eigenvalue weighted by atomic mass is 16.5. The number of aromatic nitrogens is 3. The zero-order chi connectivity index (χ0) is 27.2. The number of fused-ring (bicyclic) bond motifs is 3. The Morgan fingerprint density at radius 1 is 1.18 bits per heavy atom. The molecule has 8 rings (SSSR count). The van der Waals surface area contributed by atoms with Crippen LogP contribution in [0.15, 0.2) is 66.8 Å². The molecule has 2 bridgehead atoms. The van der Waals surface area contributed by atoms with Gasteiger partial charge in [0.15, 0.2) is 0 Å². The van der Waals surface area contributed by atoms with Crippen LogP contribution in [-0.4, -0.2) is 89.6 Å². The summed E-state index contributed by atoms with van der Waals surface area (Å²) in [6.45, 7) is 4.78. The molecule has 0 amide bonds. The third-order valence-electron chi connectivity index (χ3n) is 8.75. The van der Waals surface area contributed by atoms with Crippen LogP contribution >= 0.6 is 0 Å². The predicted octanol–water partition coefficient (Wildman–Crippen LogP) is 3.27. The lowest BCUT2D eigenvalue weighted by molar-refractivity contribution is 0.00666. The van der Waals surface area contributed by atoms with Gasteiger partial charge in [-0.3, -0.25) is 4.90 Å². The Morgan fingerprint density at radius 3 is 2.75 bits per heavy atom. The smallest absolute Gasteiger partial charge is 0.148 e. The number of nitriles is 1. The third kappa shape index (κ3) is 4.38. The largest absolute Gasteiger partial charge is 0.358 e. The maximum Gasteiger partial charge on any atom is 0.148 e. The van der Waals surface area contributed by atoms with E-state index in [0.29, 0.717) is 17.6 Å². The fraction of sp³-hybridized carbons (Fsp3) is 0.387. The Hall–Kier alpha value is -3.97. The predicted molar refractivity (Wildman–Crippen MR) is 155 cm³/mol. The molecule has 3 aromatic heterocycles. The number of nitrogens with zero attached hydrogens (tertiary/aromatic N) is 7. The molecule has 0 spiro atoms. The van der Waals surface area contributed by atoms with Gasteiger partial charge in [0.2, 0.25) is 0 Å². The van der Waals surface area contributed by atoms with Crippen molar-refractivity contribution in [3.63, 3.8) is 0 Å². The van der Waals surface area contributed by atoms with Crippen molar-refractivity contribution < 1.29 is 4.74 Å². The first-order chi connectivity index (χ1) is 19.6. The van der Waals surface area contributed by atoms with Gasteiger partial charge in [0, 0.05) is 82.1 Å². The quantitative estimate of drug-likeness (QED) is 0.516. The minimum absolute atomic E-state index is 0.0184. The van der Waals surface area contributed by atoms with Gasteiger partial charge in [0.25, 0.3) is 0 Å². The highest BCUT2D eigenvalue weighted by Gasteiger charge is 2.44. The molecule has 1 N–H and O–H groups in total. The minimum Gasteiger partial charge on any atom is -0.358 e. The first-order valence-electron chi connectivity index (χ1n) is 14.0. The Bertz CT molecular complexity index is 1550. The molecule has 3 unspecified atom stereocenters. The molecule has 5 aliphatic rings. The molecule has 3 atom stereocenters. The van der Waals surface area contributed by atoms with E-state index in [1.165, 1.54) is 17.6 Å². The molecule has 8 heterocycles. The number of ether oxygens (including phenoxy) is 1. The molecule has 0 radical (unpaired) electrons. The number of hydrogen-bond donors (Lipinski definition) is 1. The van der Waals surface area contributed by atoms with Gasteiger partial charge in [-0.15, -0.1) is 0 Å². The number of anilines is 1. The van der Waals surface area contributed by atoms with Crippen LogP contribution in [0.5, 0.6) is 0 Å². The van der Waals surface area contributed by atoms with Gasteiger partial charge in [0.1, 0.15) is 18.1 Å². The van der Waals surface area contributed by atoms with Gasteiger partial charge >= 0.3 is 0 Å². The van der Waals surface area contributed by atoms with Crippen LogP contribution in [0.1, 0.15) is 24.0 Å². The Labute approximate surface area is 234 Å². The molecule has 0 aliphatic carbocycles. The number of pyridine rings is 2. The molecule has 0 aromatic carbocycles. The number of nitrogens with one attached hydrogen (secondary N) is 1. The maximum atomic E-state index is 9.75. The average molecular weight is 535 g/mol. The normalized spacial score (nSPS) is 24.5. The standard InChI is InChI=1S/C31H34N8O/c1-36-16-21(3-6-30(36)40-2)17-38-26-12-27(38)20-37(19-26)29-5-4-23(14-34-29)28-11-24(22-7-9-33-10-8-22)18-39-31(28)25(13-32)15-35-39/h3-7,11,14-16,18,26-27,30,33H,8-10,12,17,19-20H2,1-2H3. The van der Waals surface area contributed by atoms with Gasteiger partial charge in [0.05, 0.1) is 17.3 Å². The molecule has 40 heavy (non-hydrogen) atoms. The molecule has 3 aromatic rings. The summed E-state index contributed by atoms with van der Waals surface area (Å²) in [7, 11) is 3.80. The Kier molecular flexibility index (Phi) is 6.39. The average Bonchev–Trinajstić information content (AvgIpc) is 3.43. The molecular weight excluding hydrogens is 500 g/mol. The van der Waals surface area contributed by atoms with Gasteiger partial charge in [-0.25, -0.2) is 9.50 Å². The maximum absolute atomic E-state index is 9.75. The number of methoxy groups -OCH3 is 1. The molecular formula is C31H34N8O. The van der Waals surface area contributed by atoms with E-state index in [2.05, 4.69) is 80.9 Å². The fourth-order valence-corrected chi connectivity index (χ4v) is 6.62. The van der Waals surface area contributed by atoms with Crippen LogP contribution in [0.2, 0.25) is 0 Å². The molecule has 204 valence electrons. The van der Waals surface area contributed by atoms with Gasteiger partial charge < -0.3 is 19.9 Å². The third-order valence-corrected chi connectivity index (χ3v) is 8.75. The summed E-state index contributed by atoms with van der Waals surface area (Å²) in [5, 5.41) is 17.6. The first kappa shape index (κ1) is 25.0. The van der Waals surface area contributed by atoms with Crippen LogP contribution in [0.3, 0.4) is 0 Å².